The summed E-state index contributed by atoms with van der Waals surface area (Å²) in [6.07, 6.45) is 2.69. The number of likely N-dealkylation sites (N-methyl/N-ethyl adjacent to an activating group) is 1. The van der Waals surface area contributed by atoms with Crippen LogP contribution in [0.4, 0.5) is 0 Å². The van der Waals surface area contributed by atoms with Crippen molar-refractivity contribution in [2.75, 3.05) is 40.3 Å². The molecule has 0 aromatic rings. The number of amides is 2. The van der Waals surface area contributed by atoms with Crippen LogP contribution in [0.25, 0.3) is 0 Å². The number of rotatable bonds is 2. The molecule has 1 spiro atoms. The first-order chi connectivity index (χ1) is 9.58. The molecule has 0 aromatic heterocycles. The lowest BCUT2D eigenvalue weighted by molar-refractivity contribution is -0.120. The van der Waals surface area contributed by atoms with Crippen molar-refractivity contribution >= 4 is 17.8 Å². The van der Waals surface area contributed by atoms with Crippen LogP contribution in [-0.2, 0) is 9.59 Å². The standard InChI is InChI=1S/C13H23N5O2/c1-14-11(20)7-16-12(15-2)18-5-3-4-13(9-18)6-10(19)17-8-13/h3-9H2,1-2H3,(H,14,20)(H,15,16)(H,17,19). The van der Waals surface area contributed by atoms with Crippen LogP contribution < -0.4 is 16.0 Å². The minimum Gasteiger partial charge on any atom is -0.358 e. The van der Waals surface area contributed by atoms with Gasteiger partial charge >= 0.3 is 0 Å². The second-order valence-corrected chi connectivity index (χ2v) is 5.55. The first kappa shape index (κ1) is 14.6. The quantitative estimate of drug-likeness (QED) is 0.443. The summed E-state index contributed by atoms with van der Waals surface area (Å²) in [5.74, 6) is 0.794. The lowest BCUT2D eigenvalue weighted by Crippen LogP contribution is -2.52. The molecule has 7 nitrogen and oxygen atoms in total. The van der Waals surface area contributed by atoms with Gasteiger partial charge in [-0.25, -0.2) is 0 Å². The largest absolute Gasteiger partial charge is 0.358 e. The van der Waals surface area contributed by atoms with Gasteiger partial charge in [-0.1, -0.05) is 0 Å². The van der Waals surface area contributed by atoms with Crippen molar-refractivity contribution in [1.82, 2.24) is 20.9 Å². The van der Waals surface area contributed by atoms with Crippen molar-refractivity contribution in [3.8, 4) is 0 Å². The van der Waals surface area contributed by atoms with Crippen molar-refractivity contribution in [2.24, 2.45) is 10.4 Å². The summed E-state index contributed by atoms with van der Waals surface area (Å²) in [7, 11) is 3.32. The van der Waals surface area contributed by atoms with Crippen LogP contribution >= 0.6 is 0 Å². The van der Waals surface area contributed by atoms with Gasteiger partial charge < -0.3 is 20.9 Å². The van der Waals surface area contributed by atoms with Gasteiger partial charge in [-0.2, -0.15) is 0 Å². The molecule has 20 heavy (non-hydrogen) atoms. The van der Waals surface area contributed by atoms with Crippen molar-refractivity contribution in [3.63, 3.8) is 0 Å². The summed E-state index contributed by atoms with van der Waals surface area (Å²) in [6.45, 7) is 2.67. The lowest BCUT2D eigenvalue weighted by atomic mass is 9.79. The maximum Gasteiger partial charge on any atom is 0.239 e. The molecule has 1 atom stereocenters. The van der Waals surface area contributed by atoms with Crippen LogP contribution in [0.15, 0.2) is 4.99 Å². The van der Waals surface area contributed by atoms with E-state index in [4.69, 9.17) is 0 Å². The molecule has 2 fully saturated rings. The summed E-state index contributed by atoms with van der Waals surface area (Å²) in [5.41, 5.74) is 0.0277. The van der Waals surface area contributed by atoms with E-state index in [2.05, 4.69) is 25.8 Å². The minimum atomic E-state index is -0.0735. The minimum absolute atomic E-state index is 0.0277. The maximum atomic E-state index is 11.5. The van der Waals surface area contributed by atoms with Gasteiger partial charge in [-0.3, -0.25) is 14.6 Å². The molecule has 112 valence electrons. The van der Waals surface area contributed by atoms with Crippen LogP contribution in [0.1, 0.15) is 19.3 Å². The normalized spacial score (nSPS) is 26.6. The monoisotopic (exact) mass is 281 g/mol. The molecule has 2 saturated heterocycles. The zero-order valence-corrected chi connectivity index (χ0v) is 12.2. The van der Waals surface area contributed by atoms with Crippen molar-refractivity contribution in [1.29, 1.82) is 0 Å². The Morgan fingerprint density at radius 3 is 2.95 bits per heavy atom. The molecule has 1 unspecified atom stereocenters. The second kappa shape index (κ2) is 6.11. The highest BCUT2D eigenvalue weighted by Crippen LogP contribution is 2.35. The number of carbonyl (C=O) groups excluding carboxylic acids is 2. The van der Waals surface area contributed by atoms with E-state index >= 15 is 0 Å². The Balaban J connectivity index is 1.96. The number of likely N-dealkylation sites (tertiary alicyclic amines) is 1. The predicted molar refractivity (Wildman–Crippen MR) is 76.3 cm³/mol. The first-order valence-electron chi connectivity index (χ1n) is 7.01. The molecule has 0 aliphatic carbocycles. The number of nitrogens with one attached hydrogen (secondary N) is 3. The van der Waals surface area contributed by atoms with E-state index in [0.29, 0.717) is 6.42 Å². The van der Waals surface area contributed by atoms with Gasteiger partial charge in [0.1, 0.15) is 0 Å². The number of guanidine groups is 1. The smallest absolute Gasteiger partial charge is 0.239 e. The summed E-state index contributed by atoms with van der Waals surface area (Å²) in [4.78, 5) is 29.2. The van der Waals surface area contributed by atoms with Gasteiger partial charge in [0, 0.05) is 45.6 Å². The molecule has 2 aliphatic rings. The molecule has 3 N–H and O–H groups in total. The summed E-state index contributed by atoms with van der Waals surface area (Å²) in [6, 6.07) is 0. The molecule has 2 aliphatic heterocycles. The third-order valence-electron chi connectivity index (χ3n) is 4.05. The summed E-state index contributed by atoms with van der Waals surface area (Å²) in [5, 5.41) is 8.57. The highest BCUT2D eigenvalue weighted by Gasteiger charge is 2.42. The van der Waals surface area contributed by atoms with E-state index in [-0.39, 0.29) is 23.8 Å². The van der Waals surface area contributed by atoms with E-state index < -0.39 is 0 Å². The highest BCUT2D eigenvalue weighted by atomic mass is 16.2. The van der Waals surface area contributed by atoms with E-state index in [1.54, 1.807) is 14.1 Å². The van der Waals surface area contributed by atoms with Crippen LogP contribution in [-0.4, -0.2) is 62.9 Å². The van der Waals surface area contributed by atoms with Gasteiger partial charge in [0.25, 0.3) is 0 Å². The molecule has 0 radical (unpaired) electrons. The molecule has 2 rings (SSSR count). The van der Waals surface area contributed by atoms with Crippen molar-refractivity contribution in [2.45, 2.75) is 19.3 Å². The Morgan fingerprint density at radius 1 is 1.55 bits per heavy atom. The highest BCUT2D eigenvalue weighted by molar-refractivity contribution is 5.86. The third-order valence-corrected chi connectivity index (χ3v) is 4.05. The van der Waals surface area contributed by atoms with Crippen molar-refractivity contribution < 1.29 is 9.59 Å². The molecular formula is C13H23N5O2. The average Bonchev–Trinajstić information content (AvgIpc) is 2.80. The zero-order chi connectivity index (χ0) is 14.6. The summed E-state index contributed by atoms with van der Waals surface area (Å²) < 4.78 is 0. The Bertz CT molecular complexity index is 423. The third kappa shape index (κ3) is 3.20. The van der Waals surface area contributed by atoms with Gasteiger partial charge in [0.05, 0.1) is 6.54 Å². The maximum absolute atomic E-state index is 11.5. The van der Waals surface area contributed by atoms with Crippen LogP contribution in [0, 0.1) is 5.41 Å². The fourth-order valence-electron chi connectivity index (χ4n) is 3.01. The molecular weight excluding hydrogens is 258 g/mol. The Labute approximate surface area is 119 Å². The Kier molecular flexibility index (Phi) is 4.46. The fourth-order valence-corrected chi connectivity index (χ4v) is 3.01. The number of nitrogens with zero attached hydrogens (tertiary/aromatic N) is 2. The molecule has 0 bridgehead atoms. The Hall–Kier alpha value is -1.79. The number of carbonyl (C=O) groups is 2. The van der Waals surface area contributed by atoms with E-state index in [1.165, 1.54) is 0 Å². The van der Waals surface area contributed by atoms with Crippen LogP contribution in [0.5, 0.6) is 0 Å². The van der Waals surface area contributed by atoms with Crippen LogP contribution in [0.2, 0.25) is 0 Å². The number of aliphatic imine (C=N–C) groups is 1. The first-order valence-corrected chi connectivity index (χ1v) is 7.01. The zero-order valence-electron chi connectivity index (χ0n) is 12.2. The van der Waals surface area contributed by atoms with E-state index in [1.807, 2.05) is 0 Å². The average molecular weight is 281 g/mol. The van der Waals surface area contributed by atoms with Gasteiger partial charge in [-0.05, 0) is 12.8 Å². The second-order valence-electron chi connectivity index (χ2n) is 5.55. The van der Waals surface area contributed by atoms with E-state index in [9.17, 15) is 9.59 Å². The van der Waals surface area contributed by atoms with E-state index in [0.717, 1.165) is 38.4 Å². The SMILES string of the molecule is CN=C(NCC(=O)NC)N1CCCC2(CNC(=O)C2)C1. The molecule has 0 saturated carbocycles. The number of piperidine rings is 1. The summed E-state index contributed by atoms with van der Waals surface area (Å²) >= 11 is 0. The van der Waals surface area contributed by atoms with Gasteiger partial charge in [0.2, 0.25) is 11.8 Å². The Morgan fingerprint density at radius 2 is 2.35 bits per heavy atom. The number of hydrogen-bond donors (Lipinski definition) is 3. The lowest BCUT2D eigenvalue weighted by Gasteiger charge is -2.40. The van der Waals surface area contributed by atoms with Gasteiger partial charge in [0.15, 0.2) is 5.96 Å². The molecule has 2 heterocycles. The fraction of sp³-hybridized carbons (Fsp3) is 0.769. The molecule has 7 heteroatoms. The molecule has 0 aromatic carbocycles. The number of hydrogen-bond acceptors (Lipinski definition) is 3. The van der Waals surface area contributed by atoms with Gasteiger partial charge in [-0.15, -0.1) is 0 Å². The topological polar surface area (TPSA) is 85.8 Å². The molecule has 2 amide bonds. The van der Waals surface area contributed by atoms with Crippen LogP contribution in [0.3, 0.4) is 0 Å². The predicted octanol–water partition coefficient (Wildman–Crippen LogP) is -1.09. The van der Waals surface area contributed by atoms with Crippen molar-refractivity contribution in [3.05, 3.63) is 0 Å².